The minimum atomic E-state index is -0.0269. The van der Waals surface area contributed by atoms with Gasteiger partial charge in [-0.05, 0) is 65.4 Å². The smallest absolute Gasteiger partial charge is 0.228 e. The van der Waals surface area contributed by atoms with Crippen LogP contribution in [0.4, 0.5) is 5.69 Å². The molecule has 0 aliphatic heterocycles. The van der Waals surface area contributed by atoms with E-state index in [1.54, 1.807) is 14.2 Å². The minimum absolute atomic E-state index is 0.0180. The fourth-order valence-corrected chi connectivity index (χ4v) is 4.33. The Hall–Kier alpha value is -4.20. The maximum atomic E-state index is 13.0. The minimum Gasteiger partial charge on any atom is -0.493 e. The highest BCUT2D eigenvalue weighted by molar-refractivity contribution is 5.96. The van der Waals surface area contributed by atoms with E-state index in [2.05, 4.69) is 51.1 Å². The fraction of sp³-hybridized carbons (Fsp3) is 0.231. The molecule has 1 aliphatic rings. The average molecular weight is 456 g/mol. The van der Waals surface area contributed by atoms with E-state index >= 15 is 0 Å². The number of aryl methyl sites for hydroxylation is 1. The van der Waals surface area contributed by atoms with Crippen LogP contribution in [0.3, 0.4) is 0 Å². The van der Waals surface area contributed by atoms with Crippen molar-refractivity contribution in [3.63, 3.8) is 0 Å². The van der Waals surface area contributed by atoms with Gasteiger partial charge < -0.3 is 14.8 Å². The molecule has 34 heavy (non-hydrogen) atoms. The molecule has 8 nitrogen and oxygen atoms in total. The molecule has 8 heteroatoms. The number of H-pyrrole nitrogens is 1. The third-order valence-electron chi connectivity index (χ3n) is 6.17. The van der Waals surface area contributed by atoms with E-state index in [1.807, 2.05) is 42.5 Å². The van der Waals surface area contributed by atoms with Crippen molar-refractivity contribution in [1.82, 2.24) is 20.6 Å². The second kappa shape index (κ2) is 8.97. The van der Waals surface area contributed by atoms with Crippen molar-refractivity contribution in [2.75, 3.05) is 19.5 Å². The quantitative estimate of drug-likeness (QED) is 0.422. The van der Waals surface area contributed by atoms with Crippen LogP contribution >= 0.6 is 0 Å². The first kappa shape index (κ1) is 21.6. The number of aromatic nitrogens is 4. The standard InChI is InChI=1S/C26H25N5O3/c1-15-5-4-6-16(11-15)20-14-22(20)26(32)27-18-8-9-19(21(13-18)25-28-30-31-29-25)17-7-10-23(33-2)24(12-17)34-3/h4-13,20,22H,14H2,1-3H3,(H,27,32)(H,28,29,30,31)/t20-,22+/m0/s1. The van der Waals surface area contributed by atoms with Gasteiger partial charge in [-0.25, -0.2) is 0 Å². The Kier molecular flexibility index (Phi) is 5.71. The first-order valence-corrected chi connectivity index (χ1v) is 11.0. The summed E-state index contributed by atoms with van der Waals surface area (Å²) in [6.45, 7) is 2.07. The van der Waals surface area contributed by atoms with Gasteiger partial charge in [-0.2, -0.15) is 5.21 Å². The molecule has 1 heterocycles. The van der Waals surface area contributed by atoms with Gasteiger partial charge in [0.25, 0.3) is 0 Å². The molecule has 3 aromatic carbocycles. The van der Waals surface area contributed by atoms with Crippen molar-refractivity contribution >= 4 is 11.6 Å². The second-order valence-corrected chi connectivity index (χ2v) is 8.42. The Balaban J connectivity index is 1.42. The Morgan fingerprint density at radius 1 is 1.00 bits per heavy atom. The van der Waals surface area contributed by atoms with E-state index in [0.717, 1.165) is 23.1 Å². The molecule has 5 rings (SSSR count). The zero-order valence-corrected chi connectivity index (χ0v) is 19.2. The largest absolute Gasteiger partial charge is 0.493 e. The molecule has 1 fully saturated rings. The van der Waals surface area contributed by atoms with E-state index in [-0.39, 0.29) is 17.7 Å². The molecule has 0 bridgehead atoms. The number of carbonyl (C=O) groups excluding carboxylic acids is 1. The number of nitrogens with zero attached hydrogens (tertiary/aromatic N) is 3. The van der Waals surface area contributed by atoms with Crippen LogP contribution in [-0.2, 0) is 4.79 Å². The molecule has 4 aromatic rings. The average Bonchev–Trinajstić information content (AvgIpc) is 3.48. The number of carbonyl (C=O) groups is 1. The molecule has 172 valence electrons. The van der Waals surface area contributed by atoms with Crippen molar-refractivity contribution < 1.29 is 14.3 Å². The highest BCUT2D eigenvalue weighted by Gasteiger charge is 2.44. The summed E-state index contributed by atoms with van der Waals surface area (Å²) in [6.07, 6.45) is 0.858. The van der Waals surface area contributed by atoms with Crippen LogP contribution in [0, 0.1) is 12.8 Å². The maximum Gasteiger partial charge on any atom is 0.228 e. The lowest BCUT2D eigenvalue weighted by Gasteiger charge is -2.13. The van der Waals surface area contributed by atoms with Crippen molar-refractivity contribution in [1.29, 1.82) is 0 Å². The molecule has 1 aromatic heterocycles. The lowest BCUT2D eigenvalue weighted by molar-refractivity contribution is -0.117. The van der Waals surface area contributed by atoms with E-state index in [1.165, 1.54) is 11.1 Å². The van der Waals surface area contributed by atoms with Gasteiger partial charge in [0.1, 0.15) is 0 Å². The molecule has 0 unspecified atom stereocenters. The fourth-order valence-electron chi connectivity index (χ4n) is 4.33. The number of methoxy groups -OCH3 is 2. The van der Waals surface area contributed by atoms with Gasteiger partial charge in [-0.1, -0.05) is 42.0 Å². The molecule has 0 spiro atoms. The van der Waals surface area contributed by atoms with Gasteiger partial charge in [0.05, 0.1) is 14.2 Å². The summed E-state index contributed by atoms with van der Waals surface area (Å²) in [4.78, 5) is 13.0. The van der Waals surface area contributed by atoms with Gasteiger partial charge in [-0.3, -0.25) is 4.79 Å². The van der Waals surface area contributed by atoms with Crippen LogP contribution in [0.25, 0.3) is 22.5 Å². The number of hydrogen-bond acceptors (Lipinski definition) is 6. The molecule has 2 N–H and O–H groups in total. The Morgan fingerprint density at radius 2 is 1.85 bits per heavy atom. The predicted octanol–water partition coefficient (Wildman–Crippen LogP) is 4.60. The summed E-state index contributed by atoms with van der Waals surface area (Å²) in [6, 6.07) is 19.7. The van der Waals surface area contributed by atoms with Crippen LogP contribution in [0.1, 0.15) is 23.5 Å². The van der Waals surface area contributed by atoms with Crippen molar-refractivity contribution in [3.05, 3.63) is 71.8 Å². The SMILES string of the molecule is COc1ccc(-c2ccc(NC(=O)[C@@H]3C[C@H]3c3cccc(C)c3)cc2-c2nn[nH]n2)cc1OC. The number of ether oxygens (including phenoxy) is 2. The summed E-state index contributed by atoms with van der Waals surface area (Å²) in [5.41, 5.74) is 5.63. The number of hydrogen-bond donors (Lipinski definition) is 2. The summed E-state index contributed by atoms with van der Waals surface area (Å²) in [5.74, 6) is 1.95. The number of amides is 1. The van der Waals surface area contributed by atoms with Gasteiger partial charge >= 0.3 is 0 Å². The molecular weight excluding hydrogens is 430 g/mol. The molecule has 1 aliphatic carbocycles. The first-order chi connectivity index (χ1) is 16.6. The van der Waals surface area contributed by atoms with Crippen LogP contribution < -0.4 is 14.8 Å². The molecular formula is C26H25N5O3. The van der Waals surface area contributed by atoms with E-state index in [4.69, 9.17) is 9.47 Å². The zero-order valence-electron chi connectivity index (χ0n) is 19.2. The lowest BCUT2D eigenvalue weighted by Crippen LogP contribution is -2.14. The van der Waals surface area contributed by atoms with Crippen molar-refractivity contribution in [3.8, 4) is 34.0 Å². The maximum absolute atomic E-state index is 13.0. The van der Waals surface area contributed by atoms with Gasteiger partial charge in [0.2, 0.25) is 11.7 Å². The number of tetrazole rings is 1. The van der Waals surface area contributed by atoms with Crippen molar-refractivity contribution in [2.45, 2.75) is 19.3 Å². The third kappa shape index (κ3) is 4.22. The van der Waals surface area contributed by atoms with Crippen LogP contribution in [0.15, 0.2) is 60.7 Å². The van der Waals surface area contributed by atoms with Gasteiger partial charge in [-0.15, -0.1) is 10.2 Å². The van der Waals surface area contributed by atoms with Crippen LogP contribution in [0.5, 0.6) is 11.5 Å². The monoisotopic (exact) mass is 455 g/mol. The highest BCUT2D eigenvalue weighted by atomic mass is 16.5. The zero-order chi connectivity index (χ0) is 23.7. The van der Waals surface area contributed by atoms with E-state index in [0.29, 0.717) is 23.0 Å². The summed E-state index contributed by atoms with van der Waals surface area (Å²) in [7, 11) is 3.20. The normalized spacial score (nSPS) is 16.7. The summed E-state index contributed by atoms with van der Waals surface area (Å²) < 4.78 is 10.8. The number of nitrogens with one attached hydrogen (secondary N) is 2. The van der Waals surface area contributed by atoms with Gasteiger partial charge in [0.15, 0.2) is 11.5 Å². The Morgan fingerprint density at radius 3 is 2.59 bits per heavy atom. The Labute approximate surface area is 197 Å². The predicted molar refractivity (Wildman–Crippen MR) is 129 cm³/mol. The highest BCUT2D eigenvalue weighted by Crippen LogP contribution is 2.48. The number of benzene rings is 3. The van der Waals surface area contributed by atoms with Gasteiger partial charge in [0, 0.05) is 17.2 Å². The first-order valence-electron chi connectivity index (χ1n) is 11.0. The number of anilines is 1. The molecule has 2 atom stereocenters. The lowest BCUT2D eigenvalue weighted by atomic mass is 9.98. The van der Waals surface area contributed by atoms with E-state index < -0.39 is 0 Å². The Bertz CT molecular complexity index is 1340. The van der Waals surface area contributed by atoms with Crippen LogP contribution in [-0.4, -0.2) is 40.8 Å². The van der Waals surface area contributed by atoms with Crippen LogP contribution in [0.2, 0.25) is 0 Å². The molecule has 0 radical (unpaired) electrons. The molecule has 1 saturated carbocycles. The topological polar surface area (TPSA) is 102 Å². The summed E-state index contributed by atoms with van der Waals surface area (Å²) >= 11 is 0. The van der Waals surface area contributed by atoms with E-state index in [9.17, 15) is 4.79 Å². The third-order valence-corrected chi connectivity index (χ3v) is 6.17. The number of rotatable bonds is 7. The number of aromatic amines is 1. The van der Waals surface area contributed by atoms with Crippen molar-refractivity contribution in [2.24, 2.45) is 5.92 Å². The molecule has 1 amide bonds. The molecule has 0 saturated heterocycles. The second-order valence-electron chi connectivity index (χ2n) is 8.42. The summed E-state index contributed by atoms with van der Waals surface area (Å²) in [5, 5.41) is 17.6.